The van der Waals surface area contributed by atoms with Crippen molar-refractivity contribution in [1.82, 2.24) is 10.3 Å². The lowest BCUT2D eigenvalue weighted by atomic mass is 10.1. The zero-order chi connectivity index (χ0) is 24.2. The fourth-order valence-electron chi connectivity index (χ4n) is 4.64. The van der Waals surface area contributed by atoms with Crippen LogP contribution in [0.3, 0.4) is 0 Å². The molecule has 0 amide bonds. The molecule has 2 aromatic carbocycles. The Labute approximate surface area is 202 Å². The molecule has 4 aromatic rings. The molecule has 3 heterocycles. The van der Waals surface area contributed by atoms with E-state index in [1.54, 1.807) is 13.4 Å². The molecule has 182 valence electrons. The molecule has 0 unspecified atom stereocenters. The van der Waals surface area contributed by atoms with Crippen LogP contribution in [0.2, 0.25) is 0 Å². The number of hydrogen-bond donors (Lipinski definition) is 0. The summed E-state index contributed by atoms with van der Waals surface area (Å²) in [5.41, 5.74) is 2.75. The predicted octanol–water partition coefficient (Wildman–Crippen LogP) is 5.32. The van der Waals surface area contributed by atoms with Crippen molar-refractivity contribution in [3.63, 3.8) is 0 Å². The second kappa shape index (κ2) is 10.0. The first-order valence-corrected chi connectivity index (χ1v) is 11.7. The van der Waals surface area contributed by atoms with Crippen molar-refractivity contribution >= 4 is 28.1 Å². The first kappa shape index (κ1) is 22.7. The summed E-state index contributed by atoms with van der Waals surface area (Å²) in [7, 11) is 1.63. The highest BCUT2D eigenvalue weighted by Gasteiger charge is 2.31. The third-order valence-corrected chi connectivity index (χ3v) is 6.40. The van der Waals surface area contributed by atoms with E-state index in [2.05, 4.69) is 20.1 Å². The summed E-state index contributed by atoms with van der Waals surface area (Å²) in [4.78, 5) is 16.0. The molecule has 1 saturated heterocycles. The Morgan fingerprint density at radius 3 is 2.46 bits per heavy atom. The number of benzene rings is 2. The van der Waals surface area contributed by atoms with Gasteiger partial charge in [-0.2, -0.15) is 0 Å². The molecule has 1 fully saturated rings. The van der Waals surface area contributed by atoms with Crippen molar-refractivity contribution in [2.45, 2.75) is 38.8 Å². The first-order valence-electron chi connectivity index (χ1n) is 11.7. The van der Waals surface area contributed by atoms with Crippen LogP contribution in [-0.4, -0.2) is 35.4 Å². The van der Waals surface area contributed by atoms with Crippen LogP contribution >= 0.6 is 0 Å². The molecule has 2 aromatic heterocycles. The minimum atomic E-state index is -0.378. The van der Waals surface area contributed by atoms with Crippen LogP contribution in [0, 0.1) is 10.1 Å². The van der Waals surface area contributed by atoms with E-state index < -0.39 is 0 Å². The van der Waals surface area contributed by atoms with Crippen LogP contribution in [-0.2, 0) is 13.1 Å². The molecule has 10 nitrogen and oxygen atoms in total. The highest BCUT2D eigenvalue weighted by atomic mass is 16.6. The Kier molecular flexibility index (Phi) is 6.51. The van der Waals surface area contributed by atoms with Gasteiger partial charge in [-0.15, -0.1) is 0 Å². The van der Waals surface area contributed by atoms with Gasteiger partial charge >= 0.3 is 5.69 Å². The molecule has 0 radical (unpaired) electrons. The van der Waals surface area contributed by atoms with Crippen LogP contribution in [0.25, 0.3) is 11.0 Å². The number of hydrogen-bond acceptors (Lipinski definition) is 9. The highest BCUT2D eigenvalue weighted by Crippen LogP contribution is 2.42. The fraction of sp³-hybridized carbons (Fsp3) is 0.360. The molecule has 5 rings (SSSR count). The Balaban J connectivity index is 1.63. The highest BCUT2D eigenvalue weighted by molar-refractivity contribution is 6.00. The van der Waals surface area contributed by atoms with E-state index in [-0.39, 0.29) is 16.1 Å². The van der Waals surface area contributed by atoms with Crippen molar-refractivity contribution in [3.05, 3.63) is 70.2 Å². The smallest absolute Gasteiger partial charge is 0.323 e. The zero-order valence-corrected chi connectivity index (χ0v) is 19.6. The van der Waals surface area contributed by atoms with E-state index in [9.17, 15) is 10.1 Å². The largest absolute Gasteiger partial charge is 0.497 e. The van der Waals surface area contributed by atoms with E-state index in [0.29, 0.717) is 30.0 Å². The molecular formula is C25H27N5O5. The molecular weight excluding hydrogens is 450 g/mol. The van der Waals surface area contributed by atoms with Gasteiger partial charge in [0.15, 0.2) is 5.52 Å². The van der Waals surface area contributed by atoms with Gasteiger partial charge < -0.3 is 19.0 Å². The number of methoxy groups -OCH3 is 1. The van der Waals surface area contributed by atoms with Crippen molar-refractivity contribution in [3.8, 4) is 5.75 Å². The number of nitro benzene ring substituents is 1. The average molecular weight is 478 g/mol. The lowest BCUT2D eigenvalue weighted by Gasteiger charge is -2.27. The number of ether oxygens (including phenoxy) is 1. The van der Waals surface area contributed by atoms with E-state index in [1.165, 1.54) is 0 Å². The summed E-state index contributed by atoms with van der Waals surface area (Å²) >= 11 is 0. The zero-order valence-electron chi connectivity index (χ0n) is 19.6. The van der Waals surface area contributed by atoms with Gasteiger partial charge in [-0.3, -0.25) is 10.1 Å². The summed E-state index contributed by atoms with van der Waals surface area (Å²) in [5, 5.41) is 20.2. The van der Waals surface area contributed by atoms with Gasteiger partial charge in [0.05, 0.1) is 30.5 Å². The number of anilines is 2. The van der Waals surface area contributed by atoms with Crippen LogP contribution in [0.15, 0.2) is 57.8 Å². The van der Waals surface area contributed by atoms with Crippen molar-refractivity contribution in [1.29, 1.82) is 0 Å². The summed E-state index contributed by atoms with van der Waals surface area (Å²) in [6.45, 7) is 2.48. The van der Waals surface area contributed by atoms with Gasteiger partial charge in [-0.05, 0) is 59.1 Å². The number of nitro groups is 1. The molecule has 0 atom stereocenters. The lowest BCUT2D eigenvalue weighted by Crippen LogP contribution is -2.26. The maximum Gasteiger partial charge on any atom is 0.323 e. The summed E-state index contributed by atoms with van der Waals surface area (Å²) in [6.07, 6.45) is 5.85. The Morgan fingerprint density at radius 2 is 1.80 bits per heavy atom. The molecule has 10 heteroatoms. The van der Waals surface area contributed by atoms with E-state index in [4.69, 9.17) is 13.8 Å². The van der Waals surface area contributed by atoms with Gasteiger partial charge in [0.25, 0.3) is 0 Å². The van der Waals surface area contributed by atoms with E-state index in [1.807, 2.05) is 42.5 Å². The Bertz CT molecular complexity index is 1280. The van der Waals surface area contributed by atoms with Crippen molar-refractivity contribution in [2.75, 3.05) is 30.0 Å². The molecule has 0 spiro atoms. The SMILES string of the molecule is COc1ccc(CN(Cc2ccco2)c2cc(N3CCCCCC3)c([N+](=O)[O-])c3nonc23)cc1. The van der Waals surface area contributed by atoms with Gasteiger partial charge in [-0.25, -0.2) is 4.63 Å². The fourth-order valence-corrected chi connectivity index (χ4v) is 4.64. The number of aromatic nitrogens is 2. The number of nitrogens with zero attached hydrogens (tertiary/aromatic N) is 5. The summed E-state index contributed by atoms with van der Waals surface area (Å²) in [6, 6.07) is 13.4. The Hall–Kier alpha value is -4.08. The van der Waals surface area contributed by atoms with Gasteiger partial charge in [-0.1, -0.05) is 25.0 Å². The van der Waals surface area contributed by atoms with Crippen molar-refractivity contribution < 1.29 is 18.7 Å². The standard InChI is InChI=1S/C25H27N5O5/c1-33-19-10-8-18(9-11-19)16-29(17-20-7-6-14-34-20)21-15-22(28-12-4-2-3-5-13-28)25(30(31)32)24-23(21)26-35-27-24/h6-11,14-15H,2-5,12-13,16-17H2,1H3. The first-order chi connectivity index (χ1) is 17.1. The molecule has 35 heavy (non-hydrogen) atoms. The lowest BCUT2D eigenvalue weighted by molar-refractivity contribution is -0.382. The monoisotopic (exact) mass is 477 g/mol. The van der Waals surface area contributed by atoms with Crippen molar-refractivity contribution in [2.24, 2.45) is 0 Å². The second-order valence-corrected chi connectivity index (χ2v) is 8.67. The van der Waals surface area contributed by atoms with Gasteiger partial charge in [0.1, 0.15) is 17.2 Å². The maximum atomic E-state index is 12.2. The minimum Gasteiger partial charge on any atom is -0.497 e. The normalized spacial score (nSPS) is 14.1. The molecule has 0 bridgehead atoms. The van der Waals surface area contributed by atoms with Gasteiger partial charge in [0, 0.05) is 19.6 Å². The topological polar surface area (TPSA) is 111 Å². The number of rotatable bonds is 8. The van der Waals surface area contributed by atoms with Crippen LogP contribution in [0.5, 0.6) is 5.75 Å². The maximum absolute atomic E-state index is 12.2. The third kappa shape index (κ3) is 4.77. The molecule has 1 aliphatic heterocycles. The minimum absolute atomic E-state index is 0.0608. The van der Waals surface area contributed by atoms with E-state index in [0.717, 1.165) is 55.8 Å². The molecule has 1 aliphatic rings. The van der Waals surface area contributed by atoms with Gasteiger partial charge in [0.2, 0.25) is 5.52 Å². The predicted molar refractivity (Wildman–Crippen MR) is 131 cm³/mol. The quantitative estimate of drug-likeness (QED) is 0.246. The van der Waals surface area contributed by atoms with Crippen LogP contribution < -0.4 is 14.5 Å². The second-order valence-electron chi connectivity index (χ2n) is 8.67. The molecule has 0 aliphatic carbocycles. The van der Waals surface area contributed by atoms with Crippen LogP contribution in [0.4, 0.5) is 17.1 Å². The Morgan fingerprint density at radius 1 is 1.06 bits per heavy atom. The number of furan rings is 1. The average Bonchev–Trinajstić information content (AvgIpc) is 3.49. The molecule has 0 N–H and O–H groups in total. The summed E-state index contributed by atoms with van der Waals surface area (Å²) in [5.74, 6) is 1.53. The number of fused-ring (bicyclic) bond motifs is 1. The van der Waals surface area contributed by atoms with Crippen LogP contribution in [0.1, 0.15) is 37.0 Å². The summed E-state index contributed by atoms with van der Waals surface area (Å²) < 4.78 is 16.0. The third-order valence-electron chi connectivity index (χ3n) is 6.40. The molecule has 0 saturated carbocycles. The van der Waals surface area contributed by atoms with E-state index >= 15 is 0 Å².